The molecule has 0 amide bonds. The lowest BCUT2D eigenvalue weighted by atomic mass is 9.68. The molecule has 2 heterocycles. The maximum atomic E-state index is 15.3. The van der Waals surface area contributed by atoms with Crippen LogP contribution in [0.25, 0.3) is 0 Å². The molecule has 2 aliphatic carbocycles. The first-order valence-electron chi connectivity index (χ1n) is 15.0. The van der Waals surface area contributed by atoms with Crippen LogP contribution >= 0.6 is 0 Å². The van der Waals surface area contributed by atoms with Crippen molar-refractivity contribution in [3.05, 3.63) is 47.1 Å². The topological polar surface area (TPSA) is 76.0 Å². The van der Waals surface area contributed by atoms with Crippen molar-refractivity contribution < 1.29 is 28.9 Å². The quantitative estimate of drug-likeness (QED) is 0.272. The summed E-state index contributed by atoms with van der Waals surface area (Å²) in [6.45, 7) is 12.5. The van der Waals surface area contributed by atoms with Crippen LogP contribution in [0.5, 0.6) is 0 Å². The van der Waals surface area contributed by atoms with Crippen molar-refractivity contribution in [1.82, 2.24) is 0 Å². The van der Waals surface area contributed by atoms with Crippen LogP contribution in [-0.2, 0) is 14.3 Å². The van der Waals surface area contributed by atoms with E-state index in [1.807, 2.05) is 39.0 Å². The van der Waals surface area contributed by atoms with E-state index in [2.05, 4.69) is 13.8 Å². The van der Waals surface area contributed by atoms with Crippen LogP contribution < -0.4 is 0 Å². The Balaban J connectivity index is 1.71. The zero-order chi connectivity index (χ0) is 28.5. The van der Waals surface area contributed by atoms with Crippen LogP contribution in [0.1, 0.15) is 86.5 Å². The van der Waals surface area contributed by atoms with Gasteiger partial charge in [-0.2, -0.15) is 0 Å². The number of allylic oxidation sites excluding steroid dienone is 5. The minimum atomic E-state index is -1.54. The monoisotopic (exact) mass is 544 g/mol. The number of alkyl halides is 1. The molecular weight excluding hydrogens is 495 g/mol. The maximum Gasteiger partial charge on any atom is 0.316 e. The first-order chi connectivity index (χ1) is 18.4. The van der Waals surface area contributed by atoms with E-state index in [9.17, 15) is 15.0 Å². The molecule has 1 spiro atoms. The summed E-state index contributed by atoms with van der Waals surface area (Å²) in [4.78, 5) is 13.7. The van der Waals surface area contributed by atoms with Gasteiger partial charge >= 0.3 is 5.97 Å². The predicted molar refractivity (Wildman–Crippen MR) is 152 cm³/mol. The van der Waals surface area contributed by atoms with Gasteiger partial charge in [-0.25, -0.2) is 4.39 Å². The Morgan fingerprint density at radius 3 is 2.49 bits per heavy atom. The van der Waals surface area contributed by atoms with E-state index in [1.165, 1.54) is 0 Å². The van der Waals surface area contributed by atoms with Crippen molar-refractivity contribution in [2.75, 3.05) is 6.61 Å². The van der Waals surface area contributed by atoms with E-state index in [-0.39, 0.29) is 11.8 Å². The molecule has 39 heavy (non-hydrogen) atoms. The Kier molecular flexibility index (Phi) is 9.29. The molecular formula is C33H49FO5. The Labute approximate surface area is 234 Å². The molecule has 4 rings (SSSR count). The summed E-state index contributed by atoms with van der Waals surface area (Å²) >= 11 is 0. The third kappa shape index (κ3) is 6.28. The molecule has 5 nitrogen and oxygen atoms in total. The Morgan fingerprint density at radius 2 is 1.79 bits per heavy atom. The molecule has 1 saturated carbocycles. The fraction of sp³-hybridized carbons (Fsp3) is 0.727. The van der Waals surface area contributed by atoms with Gasteiger partial charge < -0.3 is 19.7 Å². The van der Waals surface area contributed by atoms with Crippen LogP contribution in [0.2, 0.25) is 0 Å². The molecule has 2 aliphatic heterocycles. The highest BCUT2D eigenvalue weighted by atomic mass is 19.1. The first kappa shape index (κ1) is 30.2. The minimum Gasteiger partial charge on any atom is -0.462 e. The normalized spacial score (nSPS) is 47.9. The number of aliphatic hydroxyl groups excluding tert-OH is 1. The molecule has 10 atom stereocenters. The molecule has 1 saturated heterocycles. The van der Waals surface area contributed by atoms with Crippen molar-refractivity contribution in [3.63, 3.8) is 0 Å². The lowest BCUT2D eigenvalue weighted by Gasteiger charge is -2.44. The van der Waals surface area contributed by atoms with Gasteiger partial charge in [0.2, 0.25) is 0 Å². The number of esters is 1. The van der Waals surface area contributed by atoms with Gasteiger partial charge in [0.1, 0.15) is 23.8 Å². The highest BCUT2D eigenvalue weighted by Gasteiger charge is 2.58. The number of ether oxygens (including phenoxy) is 2. The number of hydrogen-bond acceptors (Lipinski definition) is 5. The average molecular weight is 545 g/mol. The summed E-state index contributed by atoms with van der Waals surface area (Å²) in [5, 5.41) is 23.0. The Hall–Kier alpha value is -1.76. The van der Waals surface area contributed by atoms with Crippen molar-refractivity contribution in [3.8, 4) is 0 Å². The fourth-order valence-corrected chi connectivity index (χ4v) is 7.37. The van der Waals surface area contributed by atoms with Crippen molar-refractivity contribution in [2.45, 2.75) is 116 Å². The number of hydrogen-bond donors (Lipinski definition) is 2. The molecule has 0 radical (unpaired) electrons. The summed E-state index contributed by atoms with van der Waals surface area (Å²) in [6.07, 6.45) is 12.0. The number of aliphatic hydroxyl groups is 2. The molecule has 0 bridgehead atoms. The van der Waals surface area contributed by atoms with Crippen molar-refractivity contribution >= 4 is 5.97 Å². The second-order valence-electron chi connectivity index (χ2n) is 13.2. The van der Waals surface area contributed by atoms with Crippen molar-refractivity contribution in [2.24, 2.45) is 29.6 Å². The van der Waals surface area contributed by atoms with E-state index in [1.54, 1.807) is 19.1 Å². The summed E-state index contributed by atoms with van der Waals surface area (Å²) < 4.78 is 27.9. The standard InChI is InChI=1S/C33H49FO5/c1-20-10-11-23(4)29(34)22(3)8-7-9-26-12-13-27-30(35)24(5)16-28(33(26,27)37)31(36)39-25(6)18-32(17-20)15-14-21(2)19-38-32/h7-9,11,16,20-22,25,27-30,35,37H,10,12-15,17-19H2,1-6H3/b8-7+,23-11+,26-9+/t20-,21-,22-,25-,27+,28+,29?,30+,32-,33-/m0/s1. The zero-order valence-corrected chi connectivity index (χ0v) is 24.7. The second kappa shape index (κ2) is 12.0. The minimum absolute atomic E-state index is 0.282. The van der Waals surface area contributed by atoms with E-state index < -0.39 is 47.4 Å². The number of carbonyl (C=O) groups excluding carboxylic acids is 1. The van der Waals surface area contributed by atoms with Gasteiger partial charge in [-0.05, 0) is 87.9 Å². The number of cyclic esters (lactones) is 1. The van der Waals surface area contributed by atoms with Gasteiger partial charge in [0.05, 0.1) is 11.7 Å². The van der Waals surface area contributed by atoms with Gasteiger partial charge in [0.15, 0.2) is 0 Å². The van der Waals surface area contributed by atoms with Crippen LogP contribution in [0.15, 0.2) is 47.1 Å². The third-order valence-electron chi connectivity index (χ3n) is 9.72. The predicted octanol–water partition coefficient (Wildman–Crippen LogP) is 6.40. The van der Waals surface area contributed by atoms with E-state index in [4.69, 9.17) is 9.47 Å². The molecule has 4 aliphatic rings. The number of halogens is 1. The summed E-state index contributed by atoms with van der Waals surface area (Å²) in [6, 6.07) is 0. The first-order valence-corrected chi connectivity index (χ1v) is 15.0. The fourth-order valence-electron chi connectivity index (χ4n) is 7.37. The Bertz CT molecular complexity index is 1020. The lowest BCUT2D eigenvalue weighted by molar-refractivity contribution is -0.171. The molecule has 0 aromatic rings. The smallest absolute Gasteiger partial charge is 0.316 e. The van der Waals surface area contributed by atoms with Crippen LogP contribution in [0.3, 0.4) is 0 Å². The summed E-state index contributed by atoms with van der Waals surface area (Å²) in [7, 11) is 0. The molecule has 0 aromatic carbocycles. The van der Waals surface area contributed by atoms with Crippen molar-refractivity contribution in [1.29, 1.82) is 0 Å². The second-order valence-corrected chi connectivity index (χ2v) is 13.2. The molecule has 2 N–H and O–H groups in total. The lowest BCUT2D eigenvalue weighted by Crippen LogP contribution is -2.53. The SMILES string of the molecule is CC1=C[C@@H]2C(=O)O[C@@H](C)C[C@]3(CC[C@H](C)CO3)C[C@@H](C)C/C=C(\C)C(F)[C@@H](C)/C=C/C=C3\CC[C@H]([C@@H]1O)[C@@]32O. The highest BCUT2D eigenvalue weighted by molar-refractivity contribution is 5.78. The third-order valence-corrected chi connectivity index (χ3v) is 9.72. The van der Waals surface area contributed by atoms with Crippen LogP contribution in [-0.4, -0.2) is 52.4 Å². The van der Waals surface area contributed by atoms with Gasteiger partial charge in [-0.15, -0.1) is 0 Å². The van der Waals surface area contributed by atoms with Gasteiger partial charge in [-0.1, -0.05) is 51.2 Å². The molecule has 1 unspecified atom stereocenters. The molecule has 0 aromatic heterocycles. The van der Waals surface area contributed by atoms with E-state index >= 15 is 4.39 Å². The van der Waals surface area contributed by atoms with Gasteiger partial charge in [-0.3, -0.25) is 4.79 Å². The van der Waals surface area contributed by atoms with Gasteiger partial charge in [0, 0.05) is 24.9 Å². The molecule has 6 heteroatoms. The van der Waals surface area contributed by atoms with Crippen LogP contribution in [0, 0.1) is 29.6 Å². The molecule has 2 fully saturated rings. The maximum absolute atomic E-state index is 15.3. The number of rotatable bonds is 0. The molecule has 218 valence electrons. The average Bonchev–Trinajstić information content (AvgIpc) is 3.22. The van der Waals surface area contributed by atoms with E-state index in [0.29, 0.717) is 42.9 Å². The van der Waals surface area contributed by atoms with Gasteiger partial charge in [0.25, 0.3) is 0 Å². The highest BCUT2D eigenvalue weighted by Crippen LogP contribution is 2.52. The van der Waals surface area contributed by atoms with Crippen LogP contribution in [0.4, 0.5) is 4.39 Å². The van der Waals surface area contributed by atoms with E-state index in [0.717, 1.165) is 31.3 Å². The number of carbonyl (C=O) groups is 1. The largest absolute Gasteiger partial charge is 0.462 e. The summed E-state index contributed by atoms with van der Waals surface area (Å²) in [5.74, 6) is -1.44. The zero-order valence-electron chi connectivity index (χ0n) is 24.7. The Morgan fingerprint density at radius 1 is 1.05 bits per heavy atom. The summed E-state index contributed by atoms with van der Waals surface area (Å²) in [5.41, 5.74) is 0.160.